The van der Waals surface area contributed by atoms with Crippen LogP contribution in [0.4, 0.5) is 11.5 Å². The second kappa shape index (κ2) is 8.43. The van der Waals surface area contributed by atoms with Gasteiger partial charge in [-0.05, 0) is 22.8 Å². The molecule has 0 bridgehead atoms. The fourth-order valence-corrected chi connectivity index (χ4v) is 2.60. The summed E-state index contributed by atoms with van der Waals surface area (Å²) < 4.78 is 5.83. The molecule has 0 atom stereocenters. The Hall–Kier alpha value is -3.87. The molecule has 0 fully saturated rings. The van der Waals surface area contributed by atoms with Crippen LogP contribution in [0.2, 0.25) is 5.02 Å². The Labute approximate surface area is 167 Å². The minimum atomic E-state index is -0.630. The number of benzene rings is 1. The Balaban J connectivity index is 1.80. The highest BCUT2D eigenvalue weighted by Crippen LogP contribution is 2.24. The first-order valence-corrected chi connectivity index (χ1v) is 8.60. The average molecular weight is 420 g/mol. The van der Waals surface area contributed by atoms with Gasteiger partial charge in [-0.2, -0.15) is 9.78 Å². The van der Waals surface area contributed by atoms with E-state index in [0.29, 0.717) is 24.1 Å². The number of amides is 1. The van der Waals surface area contributed by atoms with Crippen LogP contribution in [0.15, 0.2) is 27.9 Å². The molecule has 0 aliphatic heterocycles. The molecule has 3 N–H and O–H groups in total. The maximum atomic E-state index is 12.5. The summed E-state index contributed by atoms with van der Waals surface area (Å²) in [6.45, 7) is 1.91. The first kappa shape index (κ1) is 19.9. The van der Waals surface area contributed by atoms with Gasteiger partial charge in [-0.3, -0.25) is 14.9 Å². The zero-order chi connectivity index (χ0) is 21.0. The third-order valence-corrected chi connectivity index (χ3v) is 4.03. The number of halogens is 1. The second-order valence-electron chi connectivity index (χ2n) is 5.69. The molecule has 13 nitrogen and oxygen atoms in total. The molecule has 0 spiro atoms. The molecule has 14 heteroatoms. The number of carbonyl (C=O) groups excluding carboxylic acids is 1. The summed E-state index contributed by atoms with van der Waals surface area (Å²) in [4.78, 5) is 22.8. The number of carbonyl (C=O) groups is 1. The summed E-state index contributed by atoms with van der Waals surface area (Å²) in [6.07, 6.45) is 2.39. The minimum Gasteiger partial charge on any atom is -0.378 e. The fourth-order valence-electron chi connectivity index (χ4n) is 2.42. The molecule has 2 aromatic heterocycles. The van der Waals surface area contributed by atoms with E-state index >= 15 is 0 Å². The van der Waals surface area contributed by atoms with Crippen LogP contribution in [0.3, 0.4) is 0 Å². The molecule has 3 aromatic rings. The van der Waals surface area contributed by atoms with Crippen molar-refractivity contribution in [3.05, 3.63) is 50.3 Å². The number of nitrogens with one attached hydrogen (secondary N) is 1. The number of aromatic nitrogens is 5. The number of rotatable bonds is 7. The number of nitrogens with two attached hydrogens (primary N) is 1. The smallest absolute Gasteiger partial charge is 0.293 e. The van der Waals surface area contributed by atoms with Crippen LogP contribution in [0.25, 0.3) is 5.82 Å². The van der Waals surface area contributed by atoms with Gasteiger partial charge in [0, 0.05) is 11.6 Å². The molecule has 0 aliphatic rings. The highest BCUT2D eigenvalue weighted by molar-refractivity contribution is 6.32. The van der Waals surface area contributed by atoms with E-state index in [-0.39, 0.29) is 28.0 Å². The van der Waals surface area contributed by atoms with Crippen LogP contribution in [-0.2, 0) is 6.42 Å². The van der Waals surface area contributed by atoms with Gasteiger partial charge in [-0.25, -0.2) is 10.1 Å². The summed E-state index contributed by atoms with van der Waals surface area (Å²) >= 11 is 5.76. The molecule has 3 rings (SSSR count). The molecule has 0 saturated heterocycles. The van der Waals surface area contributed by atoms with Gasteiger partial charge in [0.05, 0.1) is 16.8 Å². The Morgan fingerprint density at radius 1 is 1.48 bits per heavy atom. The van der Waals surface area contributed by atoms with E-state index in [9.17, 15) is 14.9 Å². The van der Waals surface area contributed by atoms with E-state index in [1.807, 2.05) is 6.92 Å². The largest absolute Gasteiger partial charge is 0.378 e. The van der Waals surface area contributed by atoms with Crippen molar-refractivity contribution in [1.82, 2.24) is 30.7 Å². The zero-order valence-corrected chi connectivity index (χ0v) is 15.7. The number of nitro groups is 1. The van der Waals surface area contributed by atoms with E-state index in [1.54, 1.807) is 0 Å². The fraction of sp³-hybridized carbons (Fsp3) is 0.200. The quantitative estimate of drug-likeness (QED) is 0.325. The van der Waals surface area contributed by atoms with Gasteiger partial charge in [0.1, 0.15) is 5.02 Å². The normalized spacial score (nSPS) is 11.1. The molecule has 29 heavy (non-hydrogen) atoms. The van der Waals surface area contributed by atoms with Crippen molar-refractivity contribution in [3.8, 4) is 5.82 Å². The maximum absolute atomic E-state index is 12.5. The lowest BCUT2D eigenvalue weighted by atomic mass is 10.2. The van der Waals surface area contributed by atoms with Crippen molar-refractivity contribution in [1.29, 1.82) is 0 Å². The number of hydrogen-bond acceptors (Lipinski definition) is 10. The van der Waals surface area contributed by atoms with Gasteiger partial charge in [0.25, 0.3) is 11.6 Å². The van der Waals surface area contributed by atoms with Crippen molar-refractivity contribution in [2.24, 2.45) is 5.10 Å². The first-order valence-electron chi connectivity index (χ1n) is 8.22. The van der Waals surface area contributed by atoms with Crippen LogP contribution in [0.5, 0.6) is 0 Å². The molecule has 1 aromatic carbocycles. The van der Waals surface area contributed by atoms with Gasteiger partial charge in [-0.15, -0.1) is 5.10 Å². The molecule has 0 saturated carbocycles. The van der Waals surface area contributed by atoms with Gasteiger partial charge in [0.2, 0.25) is 11.6 Å². The van der Waals surface area contributed by atoms with Crippen molar-refractivity contribution >= 4 is 35.2 Å². The summed E-state index contributed by atoms with van der Waals surface area (Å²) in [7, 11) is 0. The molecular weight excluding hydrogens is 406 g/mol. The van der Waals surface area contributed by atoms with Gasteiger partial charge < -0.3 is 5.73 Å². The average Bonchev–Trinajstić information content (AvgIpc) is 3.29. The maximum Gasteiger partial charge on any atom is 0.293 e. The number of anilines is 1. The van der Waals surface area contributed by atoms with E-state index in [1.165, 1.54) is 29.1 Å². The number of hydrogen-bond donors (Lipinski definition) is 2. The Morgan fingerprint density at radius 2 is 2.28 bits per heavy atom. The zero-order valence-electron chi connectivity index (χ0n) is 14.9. The lowest BCUT2D eigenvalue weighted by molar-refractivity contribution is -0.384. The van der Waals surface area contributed by atoms with E-state index in [0.717, 1.165) is 0 Å². The Morgan fingerprint density at radius 3 is 2.93 bits per heavy atom. The minimum absolute atomic E-state index is 0.00127. The highest BCUT2D eigenvalue weighted by Gasteiger charge is 2.23. The van der Waals surface area contributed by atoms with Crippen LogP contribution in [0.1, 0.15) is 35.1 Å². The lowest BCUT2D eigenvalue weighted by Gasteiger charge is -2.03. The number of hydrazone groups is 1. The molecular formula is C15H14ClN9O4. The summed E-state index contributed by atoms with van der Waals surface area (Å²) in [5, 5.41) is 29.6. The van der Waals surface area contributed by atoms with Crippen LogP contribution >= 0.6 is 11.6 Å². The second-order valence-corrected chi connectivity index (χ2v) is 6.09. The van der Waals surface area contributed by atoms with Crippen molar-refractivity contribution in [3.63, 3.8) is 0 Å². The third-order valence-electron chi connectivity index (χ3n) is 3.71. The standard InChI is InChI=1S/C15H14ClN9O4/c1-2-3-10-12(19-23-24(10)14-13(17)21-29-22-14)15(26)20-18-7-8-4-5-9(16)11(6-8)25(27)28/h4-7H,2-3H2,1H3,(H2,17,21)(H,20,26)/b18-7-. The van der Waals surface area contributed by atoms with E-state index in [4.69, 9.17) is 17.3 Å². The molecule has 0 aliphatic carbocycles. The Bertz CT molecular complexity index is 1090. The lowest BCUT2D eigenvalue weighted by Crippen LogP contribution is -2.20. The molecule has 0 unspecified atom stereocenters. The molecule has 1 amide bonds. The predicted octanol–water partition coefficient (Wildman–Crippen LogP) is 1.51. The topological polar surface area (TPSA) is 180 Å². The van der Waals surface area contributed by atoms with Gasteiger partial charge in [0.15, 0.2) is 5.69 Å². The van der Waals surface area contributed by atoms with Crippen LogP contribution in [0, 0.1) is 10.1 Å². The third kappa shape index (κ3) is 4.19. The monoisotopic (exact) mass is 419 g/mol. The number of nitrogens with zero attached hydrogens (tertiary/aromatic N) is 7. The van der Waals surface area contributed by atoms with Crippen LogP contribution < -0.4 is 11.2 Å². The van der Waals surface area contributed by atoms with Gasteiger partial charge >= 0.3 is 0 Å². The summed E-state index contributed by atoms with van der Waals surface area (Å²) in [5.41, 5.74) is 8.55. The van der Waals surface area contributed by atoms with Crippen LogP contribution in [-0.4, -0.2) is 42.4 Å². The highest BCUT2D eigenvalue weighted by atomic mass is 35.5. The van der Waals surface area contributed by atoms with Crippen molar-refractivity contribution < 1.29 is 14.3 Å². The summed E-state index contributed by atoms with van der Waals surface area (Å²) in [5.74, 6) is -0.507. The molecule has 0 radical (unpaired) electrons. The first-order chi connectivity index (χ1) is 13.9. The SMILES string of the molecule is CCCc1c(C(=O)N/N=C\c2ccc(Cl)c([N+](=O)[O-])c2)nnn1-c1nonc1N. The van der Waals surface area contributed by atoms with Crippen molar-refractivity contribution in [2.45, 2.75) is 19.8 Å². The van der Waals surface area contributed by atoms with E-state index in [2.05, 4.69) is 35.8 Å². The molecule has 150 valence electrons. The number of nitro benzene ring substituents is 1. The Kier molecular flexibility index (Phi) is 5.78. The number of nitrogen functional groups attached to an aromatic ring is 1. The van der Waals surface area contributed by atoms with Gasteiger partial charge in [-0.1, -0.05) is 36.2 Å². The predicted molar refractivity (Wildman–Crippen MR) is 101 cm³/mol. The van der Waals surface area contributed by atoms with Crippen molar-refractivity contribution in [2.75, 3.05) is 5.73 Å². The van der Waals surface area contributed by atoms with E-state index < -0.39 is 10.8 Å². The summed E-state index contributed by atoms with van der Waals surface area (Å²) in [6, 6.07) is 4.12. The molecule has 2 heterocycles.